The summed E-state index contributed by atoms with van der Waals surface area (Å²) in [6, 6.07) is 1.11. The minimum atomic E-state index is -1.40. The average Bonchev–Trinajstić information content (AvgIpc) is 2.38. The molecule has 0 saturated heterocycles. The molecule has 0 aliphatic heterocycles. The van der Waals surface area contributed by atoms with Crippen molar-refractivity contribution in [1.29, 1.82) is 0 Å². The number of carbonyl (C=O) groups is 2. The molecule has 0 fully saturated rings. The van der Waals surface area contributed by atoms with Crippen molar-refractivity contribution in [2.75, 3.05) is 12.9 Å². The van der Waals surface area contributed by atoms with Crippen LogP contribution in [-0.2, 0) is 9.53 Å². The maximum Gasteiger partial charge on any atom is 0.342 e. The number of carbonyl (C=O) groups excluding carboxylic acids is 1. The third-order valence-electron chi connectivity index (χ3n) is 2.07. The summed E-state index contributed by atoms with van der Waals surface area (Å²) >= 11 is 1.12. The van der Waals surface area contributed by atoms with Gasteiger partial charge in [0, 0.05) is 5.75 Å². The largest absolute Gasteiger partial charge is 0.477 e. The van der Waals surface area contributed by atoms with E-state index in [0.29, 0.717) is 10.8 Å². The Hall–Kier alpha value is -2.16. The Morgan fingerprint density at radius 2 is 2.26 bits per heavy atom. The Morgan fingerprint density at radius 1 is 1.58 bits per heavy atom. The quantitative estimate of drug-likeness (QED) is 0.360. The van der Waals surface area contributed by atoms with Gasteiger partial charge in [0.1, 0.15) is 11.8 Å². The number of ether oxygens (including phenoxy) is 1. The molecular formula is C10H10N2O6S. The van der Waals surface area contributed by atoms with Gasteiger partial charge in [0.15, 0.2) is 0 Å². The summed E-state index contributed by atoms with van der Waals surface area (Å²) in [7, 11) is 1.26. The van der Waals surface area contributed by atoms with Gasteiger partial charge in [-0.2, -0.15) is 0 Å². The van der Waals surface area contributed by atoms with Gasteiger partial charge in [0.25, 0.3) is 0 Å². The first-order valence-electron chi connectivity index (χ1n) is 5.03. The van der Waals surface area contributed by atoms with E-state index in [1.165, 1.54) is 7.11 Å². The molecule has 0 spiro atoms. The van der Waals surface area contributed by atoms with Gasteiger partial charge in [-0.1, -0.05) is 0 Å². The summed E-state index contributed by atoms with van der Waals surface area (Å²) < 4.78 is 4.44. The van der Waals surface area contributed by atoms with Gasteiger partial charge in [0.2, 0.25) is 0 Å². The maximum atomic E-state index is 10.9. The number of hydrogen-bond donors (Lipinski definition) is 1. The molecule has 1 rings (SSSR count). The van der Waals surface area contributed by atoms with E-state index in [0.717, 1.165) is 24.0 Å². The van der Waals surface area contributed by atoms with Gasteiger partial charge in [-0.3, -0.25) is 14.9 Å². The predicted octanol–water partition coefficient (Wildman–Crippen LogP) is 1.34. The molecule has 9 heteroatoms. The maximum absolute atomic E-state index is 10.9. The fourth-order valence-corrected chi connectivity index (χ4v) is 1.97. The van der Waals surface area contributed by atoms with E-state index in [-0.39, 0.29) is 6.42 Å². The molecule has 0 aliphatic rings. The summed E-state index contributed by atoms with van der Waals surface area (Å²) in [5.74, 6) is -1.45. The van der Waals surface area contributed by atoms with Crippen LogP contribution in [0.2, 0.25) is 0 Å². The third kappa shape index (κ3) is 4.21. The van der Waals surface area contributed by atoms with E-state index in [2.05, 4.69) is 9.72 Å². The van der Waals surface area contributed by atoms with Crippen LogP contribution in [0.3, 0.4) is 0 Å². The zero-order chi connectivity index (χ0) is 14.4. The number of aromatic nitrogens is 1. The van der Waals surface area contributed by atoms with Crippen LogP contribution in [0, 0.1) is 10.1 Å². The first-order chi connectivity index (χ1) is 8.95. The monoisotopic (exact) mass is 286 g/mol. The van der Waals surface area contributed by atoms with Crippen LogP contribution < -0.4 is 0 Å². The number of pyridine rings is 1. The van der Waals surface area contributed by atoms with Crippen molar-refractivity contribution in [3.8, 4) is 0 Å². The molecule has 1 aromatic rings. The summed E-state index contributed by atoms with van der Waals surface area (Å²) in [6.45, 7) is 0. The van der Waals surface area contributed by atoms with Crippen LogP contribution in [0.5, 0.6) is 0 Å². The predicted molar refractivity (Wildman–Crippen MR) is 65.2 cm³/mol. The van der Waals surface area contributed by atoms with E-state index in [1.54, 1.807) is 0 Å². The summed E-state index contributed by atoms with van der Waals surface area (Å²) in [4.78, 5) is 35.4. The normalized spacial score (nSPS) is 9.95. The fraction of sp³-hybridized carbons (Fsp3) is 0.300. The highest BCUT2D eigenvalue weighted by atomic mass is 32.2. The number of nitrogens with zero attached hydrogens (tertiary/aromatic N) is 2. The standard InChI is InChI=1S/C10H10N2O6S/c1-18-9(13)2-3-19-8-4-6(10(14)15)7(5-11-8)12(16)17/h4-5H,2-3H2,1H3,(H,14,15). The minimum Gasteiger partial charge on any atom is -0.477 e. The van der Waals surface area contributed by atoms with Crippen molar-refractivity contribution >= 4 is 29.4 Å². The number of carboxylic acids is 1. The molecule has 0 aromatic carbocycles. The lowest BCUT2D eigenvalue weighted by molar-refractivity contribution is -0.385. The van der Waals surface area contributed by atoms with Crippen LogP contribution in [0.25, 0.3) is 0 Å². The number of thioether (sulfide) groups is 1. The van der Waals surface area contributed by atoms with Crippen LogP contribution >= 0.6 is 11.8 Å². The first kappa shape index (κ1) is 14.9. The van der Waals surface area contributed by atoms with E-state index < -0.39 is 28.1 Å². The second-order valence-electron chi connectivity index (χ2n) is 3.28. The topological polar surface area (TPSA) is 120 Å². The molecule has 0 radical (unpaired) electrons. The highest BCUT2D eigenvalue weighted by molar-refractivity contribution is 7.99. The molecule has 0 bridgehead atoms. The SMILES string of the molecule is COC(=O)CCSc1cc(C(=O)O)c([N+](=O)[O-])cn1. The lowest BCUT2D eigenvalue weighted by atomic mass is 10.2. The highest BCUT2D eigenvalue weighted by Gasteiger charge is 2.21. The zero-order valence-electron chi connectivity index (χ0n) is 9.86. The molecule has 8 nitrogen and oxygen atoms in total. The number of nitro groups is 1. The number of esters is 1. The van der Waals surface area contributed by atoms with E-state index in [4.69, 9.17) is 5.11 Å². The zero-order valence-corrected chi connectivity index (χ0v) is 10.7. The van der Waals surface area contributed by atoms with Crippen LogP contribution in [0.4, 0.5) is 5.69 Å². The fourth-order valence-electron chi connectivity index (χ4n) is 1.17. The van der Waals surface area contributed by atoms with Crippen LogP contribution in [-0.4, -0.2) is 39.8 Å². The number of carboxylic acid groups (broad SMARTS) is 1. The van der Waals surface area contributed by atoms with Crippen molar-refractivity contribution in [2.24, 2.45) is 0 Å². The van der Waals surface area contributed by atoms with Gasteiger partial charge >= 0.3 is 17.6 Å². The molecule has 0 amide bonds. The van der Waals surface area contributed by atoms with Gasteiger partial charge in [0.05, 0.1) is 23.5 Å². The Kier molecular flexibility index (Phi) is 5.24. The molecule has 1 N–H and O–H groups in total. The molecule has 0 saturated carbocycles. The Morgan fingerprint density at radius 3 is 2.79 bits per heavy atom. The molecule has 1 aromatic heterocycles. The first-order valence-corrected chi connectivity index (χ1v) is 6.01. The van der Waals surface area contributed by atoms with E-state index >= 15 is 0 Å². The Labute approximate surface area is 111 Å². The molecule has 0 aliphatic carbocycles. The third-order valence-corrected chi connectivity index (χ3v) is 3.00. The second kappa shape index (κ2) is 6.69. The van der Waals surface area contributed by atoms with E-state index in [1.807, 2.05) is 0 Å². The van der Waals surface area contributed by atoms with Crippen molar-refractivity contribution < 1.29 is 24.4 Å². The number of hydrogen-bond acceptors (Lipinski definition) is 7. The highest BCUT2D eigenvalue weighted by Crippen LogP contribution is 2.24. The second-order valence-corrected chi connectivity index (χ2v) is 4.39. The lowest BCUT2D eigenvalue weighted by Crippen LogP contribution is -2.04. The molecule has 102 valence electrons. The van der Waals surface area contributed by atoms with E-state index in [9.17, 15) is 19.7 Å². The summed E-state index contributed by atoms with van der Waals surface area (Å²) in [5.41, 5.74) is -0.995. The van der Waals surface area contributed by atoms with Crippen molar-refractivity contribution in [3.63, 3.8) is 0 Å². The number of aromatic carboxylic acids is 1. The van der Waals surface area contributed by atoms with Gasteiger partial charge in [-0.25, -0.2) is 9.78 Å². The average molecular weight is 286 g/mol. The Balaban J connectivity index is 2.81. The van der Waals surface area contributed by atoms with Crippen molar-refractivity contribution in [3.05, 3.63) is 27.9 Å². The minimum absolute atomic E-state index is 0.141. The van der Waals surface area contributed by atoms with Gasteiger partial charge in [-0.15, -0.1) is 11.8 Å². The molecule has 1 heterocycles. The van der Waals surface area contributed by atoms with Gasteiger partial charge in [-0.05, 0) is 6.07 Å². The smallest absolute Gasteiger partial charge is 0.342 e. The lowest BCUT2D eigenvalue weighted by Gasteiger charge is -2.02. The molecule has 19 heavy (non-hydrogen) atoms. The number of methoxy groups -OCH3 is 1. The van der Waals surface area contributed by atoms with Gasteiger partial charge < -0.3 is 9.84 Å². The number of rotatable bonds is 6. The summed E-state index contributed by atoms with van der Waals surface area (Å²) in [6.07, 6.45) is 1.03. The Bertz CT molecular complexity index is 519. The van der Waals surface area contributed by atoms with Crippen LogP contribution in [0.15, 0.2) is 17.3 Å². The molecule has 0 unspecified atom stereocenters. The van der Waals surface area contributed by atoms with Crippen molar-refractivity contribution in [1.82, 2.24) is 4.98 Å². The summed E-state index contributed by atoms with van der Waals surface area (Å²) in [5, 5.41) is 19.8. The molecular weight excluding hydrogens is 276 g/mol. The molecule has 0 atom stereocenters. The van der Waals surface area contributed by atoms with Crippen LogP contribution in [0.1, 0.15) is 16.8 Å². The van der Waals surface area contributed by atoms with Crippen molar-refractivity contribution in [2.45, 2.75) is 11.4 Å².